The van der Waals surface area contributed by atoms with Gasteiger partial charge < -0.3 is 14.9 Å². The molecule has 2 aromatic rings. The number of nitrogens with zero attached hydrogens (tertiary/aromatic N) is 2. The molecule has 158 valence electrons. The van der Waals surface area contributed by atoms with Crippen LogP contribution in [0.2, 0.25) is 10.0 Å². The van der Waals surface area contributed by atoms with Crippen LogP contribution in [0.25, 0.3) is 0 Å². The van der Waals surface area contributed by atoms with Gasteiger partial charge in [-0.05, 0) is 41.8 Å². The minimum absolute atomic E-state index is 0.0761. The van der Waals surface area contributed by atoms with Gasteiger partial charge in [0.1, 0.15) is 11.9 Å². The molecule has 3 rings (SSSR count). The van der Waals surface area contributed by atoms with Crippen LogP contribution >= 0.6 is 23.2 Å². The zero-order chi connectivity index (χ0) is 21.8. The highest BCUT2D eigenvalue weighted by molar-refractivity contribution is 6.35. The van der Waals surface area contributed by atoms with Gasteiger partial charge in [0.05, 0.1) is 12.3 Å². The van der Waals surface area contributed by atoms with E-state index in [-0.39, 0.29) is 23.9 Å². The maximum Gasteiger partial charge on any atom is 0.246 e. The lowest BCUT2D eigenvalue weighted by Gasteiger charge is -2.43. The van der Waals surface area contributed by atoms with Crippen LogP contribution in [0.5, 0.6) is 0 Å². The van der Waals surface area contributed by atoms with E-state index in [1.807, 2.05) is 11.0 Å². The summed E-state index contributed by atoms with van der Waals surface area (Å²) < 4.78 is 13.2. The van der Waals surface area contributed by atoms with Crippen molar-refractivity contribution in [1.29, 1.82) is 0 Å². The van der Waals surface area contributed by atoms with Crippen molar-refractivity contribution in [2.24, 2.45) is 0 Å². The van der Waals surface area contributed by atoms with E-state index in [0.717, 1.165) is 16.8 Å². The second-order valence-electron chi connectivity index (χ2n) is 7.35. The number of rotatable bonds is 7. The van der Waals surface area contributed by atoms with E-state index in [1.165, 1.54) is 12.1 Å². The Hall–Kier alpha value is -2.50. The Balaban J connectivity index is 1.75. The standard InChI is InChI=1S/C23H23Cl2FN2O2/c1-15-13-27(10-9-18-5-6-19(24)12-21(18)25)23(30)22(11-16(2)29)28(15)14-17-3-7-20(26)8-4-17/h3-8,12,22,29H,1-2,9-11,13-14H2. The molecule has 0 aliphatic carbocycles. The van der Waals surface area contributed by atoms with Gasteiger partial charge in [-0.2, -0.15) is 0 Å². The highest BCUT2D eigenvalue weighted by atomic mass is 35.5. The maximum absolute atomic E-state index is 13.2. The van der Waals surface area contributed by atoms with Gasteiger partial charge >= 0.3 is 0 Å². The summed E-state index contributed by atoms with van der Waals surface area (Å²) in [6.07, 6.45) is 0.664. The average molecular weight is 449 g/mol. The van der Waals surface area contributed by atoms with Gasteiger partial charge in [-0.25, -0.2) is 4.39 Å². The number of carbonyl (C=O) groups excluding carboxylic acids is 1. The molecule has 1 heterocycles. The van der Waals surface area contributed by atoms with E-state index in [0.29, 0.717) is 36.1 Å². The van der Waals surface area contributed by atoms with Gasteiger partial charge in [0, 0.05) is 35.3 Å². The molecule has 1 fully saturated rings. The first-order valence-corrected chi connectivity index (χ1v) is 10.3. The summed E-state index contributed by atoms with van der Waals surface area (Å²) in [5.41, 5.74) is 2.49. The summed E-state index contributed by atoms with van der Waals surface area (Å²) in [5, 5.41) is 10.9. The van der Waals surface area contributed by atoms with Gasteiger partial charge in [0.15, 0.2) is 0 Å². The third-order valence-corrected chi connectivity index (χ3v) is 5.70. The fourth-order valence-electron chi connectivity index (χ4n) is 3.55. The monoisotopic (exact) mass is 448 g/mol. The van der Waals surface area contributed by atoms with Crippen LogP contribution in [0.15, 0.2) is 67.1 Å². The second-order valence-corrected chi connectivity index (χ2v) is 8.20. The SMILES string of the molecule is C=C(O)CC1C(=O)N(CCc2ccc(Cl)cc2Cl)CC(=C)N1Cc1ccc(F)cc1. The topological polar surface area (TPSA) is 43.8 Å². The van der Waals surface area contributed by atoms with Crippen LogP contribution in [-0.4, -0.2) is 39.9 Å². The Bertz CT molecular complexity index is 962. The molecule has 30 heavy (non-hydrogen) atoms. The first kappa shape index (κ1) is 22.2. The van der Waals surface area contributed by atoms with Crippen molar-refractivity contribution in [3.05, 3.63) is 94.1 Å². The average Bonchev–Trinajstić information content (AvgIpc) is 2.68. The zero-order valence-corrected chi connectivity index (χ0v) is 18.0. The molecular formula is C23H23Cl2FN2O2. The highest BCUT2D eigenvalue weighted by Gasteiger charge is 2.36. The molecule has 1 saturated heterocycles. The van der Waals surface area contributed by atoms with E-state index < -0.39 is 6.04 Å². The normalized spacial score (nSPS) is 16.8. The molecule has 0 bridgehead atoms. The number of benzene rings is 2. The molecule has 1 amide bonds. The number of amides is 1. The van der Waals surface area contributed by atoms with Gasteiger partial charge in [0.25, 0.3) is 0 Å². The number of aliphatic hydroxyl groups excluding tert-OH is 1. The molecule has 1 aliphatic heterocycles. The summed E-state index contributed by atoms with van der Waals surface area (Å²) in [5.74, 6) is -0.516. The van der Waals surface area contributed by atoms with Gasteiger partial charge in [-0.3, -0.25) is 4.79 Å². The van der Waals surface area contributed by atoms with E-state index >= 15 is 0 Å². The summed E-state index contributed by atoms with van der Waals surface area (Å²) >= 11 is 12.2. The van der Waals surface area contributed by atoms with Gasteiger partial charge in [0.2, 0.25) is 5.91 Å². The van der Waals surface area contributed by atoms with Crippen LogP contribution in [0.1, 0.15) is 17.5 Å². The van der Waals surface area contributed by atoms with Crippen molar-refractivity contribution in [2.75, 3.05) is 13.1 Å². The summed E-state index contributed by atoms with van der Waals surface area (Å²) in [4.78, 5) is 16.8. The van der Waals surface area contributed by atoms with Crippen LogP contribution in [0.4, 0.5) is 4.39 Å². The summed E-state index contributed by atoms with van der Waals surface area (Å²) in [6, 6.07) is 10.8. The van der Waals surface area contributed by atoms with Crippen molar-refractivity contribution >= 4 is 29.1 Å². The van der Waals surface area contributed by atoms with Crippen LogP contribution in [-0.2, 0) is 17.8 Å². The number of hydrogen-bond acceptors (Lipinski definition) is 3. The Morgan fingerprint density at radius 3 is 2.53 bits per heavy atom. The zero-order valence-electron chi connectivity index (χ0n) is 16.5. The molecule has 4 nitrogen and oxygen atoms in total. The highest BCUT2D eigenvalue weighted by Crippen LogP contribution is 2.27. The van der Waals surface area contributed by atoms with Crippen molar-refractivity contribution < 1.29 is 14.3 Å². The molecular weight excluding hydrogens is 426 g/mol. The maximum atomic E-state index is 13.2. The second kappa shape index (κ2) is 9.54. The molecule has 7 heteroatoms. The summed E-state index contributed by atoms with van der Waals surface area (Å²) in [6.45, 7) is 8.89. The predicted octanol–water partition coefficient (Wildman–Crippen LogP) is 5.36. The lowest BCUT2D eigenvalue weighted by molar-refractivity contribution is -0.139. The lowest BCUT2D eigenvalue weighted by Crippen LogP contribution is -2.55. The molecule has 2 aromatic carbocycles. The minimum atomic E-state index is -0.630. The fourth-order valence-corrected chi connectivity index (χ4v) is 4.05. The third kappa shape index (κ3) is 5.35. The number of piperazine rings is 1. The van der Waals surface area contributed by atoms with Gasteiger partial charge in [-0.15, -0.1) is 0 Å². The quantitative estimate of drug-likeness (QED) is 0.579. The third-order valence-electron chi connectivity index (χ3n) is 5.11. The van der Waals surface area contributed by atoms with E-state index in [9.17, 15) is 14.3 Å². The van der Waals surface area contributed by atoms with Crippen LogP contribution < -0.4 is 0 Å². The van der Waals surface area contributed by atoms with E-state index in [1.54, 1.807) is 29.2 Å². The number of hydrogen-bond donors (Lipinski definition) is 1. The molecule has 1 N–H and O–H groups in total. The van der Waals surface area contributed by atoms with Crippen LogP contribution in [0.3, 0.4) is 0 Å². The smallest absolute Gasteiger partial charge is 0.246 e. The number of aliphatic hydroxyl groups is 1. The molecule has 1 unspecified atom stereocenters. The van der Waals surface area contributed by atoms with Gasteiger partial charge in [-0.1, -0.05) is 54.6 Å². The summed E-state index contributed by atoms with van der Waals surface area (Å²) in [7, 11) is 0. The molecule has 1 aliphatic rings. The predicted molar refractivity (Wildman–Crippen MR) is 118 cm³/mol. The Morgan fingerprint density at radius 1 is 1.20 bits per heavy atom. The number of halogens is 3. The van der Waals surface area contributed by atoms with Crippen molar-refractivity contribution in [1.82, 2.24) is 9.80 Å². The van der Waals surface area contributed by atoms with Crippen molar-refractivity contribution in [3.8, 4) is 0 Å². The van der Waals surface area contributed by atoms with E-state index in [4.69, 9.17) is 23.2 Å². The molecule has 0 spiro atoms. The number of carbonyl (C=O) groups is 1. The molecule has 0 saturated carbocycles. The first-order valence-electron chi connectivity index (χ1n) is 9.53. The molecule has 0 aromatic heterocycles. The Labute approximate surface area is 185 Å². The molecule has 1 atom stereocenters. The lowest BCUT2D eigenvalue weighted by atomic mass is 10.0. The minimum Gasteiger partial charge on any atom is -0.513 e. The Morgan fingerprint density at radius 2 is 1.90 bits per heavy atom. The first-order chi connectivity index (χ1) is 14.2. The van der Waals surface area contributed by atoms with Crippen LogP contribution in [0, 0.1) is 5.82 Å². The Kier molecular flexibility index (Phi) is 7.06. The van der Waals surface area contributed by atoms with E-state index in [2.05, 4.69) is 13.2 Å². The largest absolute Gasteiger partial charge is 0.513 e. The van der Waals surface area contributed by atoms with Crippen molar-refractivity contribution in [2.45, 2.75) is 25.4 Å². The fraction of sp³-hybridized carbons (Fsp3) is 0.261. The van der Waals surface area contributed by atoms with Crippen molar-refractivity contribution in [3.63, 3.8) is 0 Å². The molecule has 0 radical (unpaired) electrons.